The summed E-state index contributed by atoms with van der Waals surface area (Å²) in [6.07, 6.45) is -3.20. The Morgan fingerprint density at radius 1 is 0.558 bits per heavy atom. The van der Waals surface area contributed by atoms with E-state index in [9.17, 15) is 82.4 Å². The number of carboxylic acids is 2. The van der Waals surface area contributed by atoms with Crippen molar-refractivity contribution in [3.63, 3.8) is 0 Å². The van der Waals surface area contributed by atoms with Gasteiger partial charge < -0.3 is 91.8 Å². The van der Waals surface area contributed by atoms with E-state index < -0.39 is 182 Å². The number of hydrogen-bond acceptors (Lipinski definition) is 18. The Morgan fingerprint density at radius 3 is 1.43 bits per heavy atom. The Hall–Kier alpha value is -7.97. The number of carbonyl (C=O) groups excluding carboxylic acids is 12. The summed E-state index contributed by atoms with van der Waals surface area (Å²) in [5, 5.41) is 49.3. The van der Waals surface area contributed by atoms with Gasteiger partial charge in [-0.25, -0.2) is 4.79 Å². The van der Waals surface area contributed by atoms with E-state index in [4.69, 9.17) is 28.7 Å². The number of aliphatic hydroxyl groups is 1. The van der Waals surface area contributed by atoms with E-state index in [1.54, 1.807) is 44.2 Å². The third kappa shape index (κ3) is 25.4. The topological polar surface area (TPSA) is 538 Å². The van der Waals surface area contributed by atoms with Gasteiger partial charge in [-0.15, -0.1) is 0 Å². The maximum absolute atomic E-state index is 14.0. The number of benzene rings is 1. The average molecular weight is 1110 g/mol. The fourth-order valence-corrected chi connectivity index (χ4v) is 6.99. The third-order valence-electron chi connectivity index (χ3n) is 11.2. The van der Waals surface area contributed by atoms with Gasteiger partial charge in [-0.1, -0.05) is 50.6 Å². The summed E-state index contributed by atoms with van der Waals surface area (Å²) < 4.78 is 0. The summed E-state index contributed by atoms with van der Waals surface area (Å²) in [7, 11) is 0. The van der Waals surface area contributed by atoms with E-state index in [1.807, 2.05) is 16.0 Å². The molecule has 0 saturated heterocycles. The first-order valence-electron chi connectivity index (χ1n) is 23.9. The molecule has 0 heterocycles. The number of carbonyl (C=O) groups is 14. The Morgan fingerprint density at radius 2 is 0.987 bits per heavy atom. The van der Waals surface area contributed by atoms with E-state index in [2.05, 4.69) is 44.5 Å². The summed E-state index contributed by atoms with van der Waals surface area (Å²) in [5.74, 6) is -18.1. The molecule has 1 rings (SSSR count). The second-order valence-corrected chi connectivity index (χ2v) is 17.8. The quantitative estimate of drug-likeness (QED) is 0.0217. The maximum atomic E-state index is 14.0. The molecule has 0 aliphatic carbocycles. The van der Waals surface area contributed by atoms with Gasteiger partial charge in [0.2, 0.25) is 70.9 Å². The number of rotatable bonds is 37. The highest BCUT2D eigenvalue weighted by atomic mass is 32.1. The van der Waals surface area contributed by atoms with Gasteiger partial charge in [-0.05, 0) is 37.3 Å². The molecule has 10 atom stereocenters. The molecule has 0 unspecified atom stereocenters. The maximum Gasteiger partial charge on any atom is 0.326 e. The van der Waals surface area contributed by atoms with E-state index in [0.29, 0.717) is 18.4 Å². The Bertz CT molecular complexity index is 2280. The van der Waals surface area contributed by atoms with E-state index in [-0.39, 0.29) is 31.6 Å². The van der Waals surface area contributed by atoms with Gasteiger partial charge in [0, 0.05) is 12.2 Å². The number of thiol groups is 1. The van der Waals surface area contributed by atoms with Crippen LogP contribution in [0.25, 0.3) is 0 Å². The lowest BCUT2D eigenvalue weighted by Gasteiger charge is -2.29. The molecule has 0 aliphatic heterocycles. The van der Waals surface area contributed by atoms with Crippen molar-refractivity contribution in [3.8, 4) is 0 Å². The van der Waals surface area contributed by atoms with Gasteiger partial charge in [0.25, 0.3) is 0 Å². The highest BCUT2D eigenvalue weighted by Crippen LogP contribution is 2.12. The van der Waals surface area contributed by atoms with Crippen LogP contribution in [0.5, 0.6) is 0 Å². The standard InChI is InChI=1S/C45H70N14O17S/c1-3-21(2)36(44(74)57-25(13-22-9-5-4-6-10-22)38(68)53-24(45(75)76)11-7-8-12-46)59-42(72)28(16-33(50)63)55-43(73)30(19-60)58-41(71)29(17-35(65)66)56-40(70)27(15-32(49)62)54-39(69)26(14-31(48)61)52-34(64)18-51-37(67)23(47)20-77/h4-6,9-10,21,23-30,36,60,77H,3,7-8,11-20,46-47H2,1-2H3,(H2,48,61)(H2,49,62)(H2,50,63)(H,51,67)(H,52,64)(H,53,68)(H,54,69)(H,55,73)(H,56,70)(H,57,74)(H,58,71)(H,59,72)(H,65,66)(H,75,76)/t21-,23-,24-,25-,26-,27-,28-,29-,30-,36-/m0/s1. The van der Waals surface area contributed by atoms with Crippen LogP contribution < -0.4 is 76.5 Å². The molecule has 22 N–H and O–H groups in total. The molecule has 32 heteroatoms. The summed E-state index contributed by atoms with van der Waals surface area (Å²) >= 11 is 3.86. The molecule has 1 aromatic carbocycles. The molecule has 0 saturated carbocycles. The number of primary amides is 3. The molecular formula is C45H70N14O17S. The second kappa shape index (κ2) is 34.6. The summed E-state index contributed by atoms with van der Waals surface area (Å²) in [6.45, 7) is 1.42. The van der Waals surface area contributed by atoms with Gasteiger partial charge in [-0.3, -0.25) is 62.3 Å². The molecule has 0 aliphatic rings. The molecule has 0 spiro atoms. The number of nitrogens with one attached hydrogen (secondary N) is 9. The van der Waals surface area contributed by atoms with E-state index >= 15 is 0 Å². The Kier molecular flexibility index (Phi) is 30.1. The first kappa shape index (κ1) is 67.0. The van der Waals surface area contributed by atoms with Crippen molar-refractivity contribution < 1.29 is 82.4 Å². The van der Waals surface area contributed by atoms with Crippen LogP contribution in [0.2, 0.25) is 0 Å². The van der Waals surface area contributed by atoms with Crippen molar-refractivity contribution in [1.29, 1.82) is 0 Å². The number of amides is 12. The molecule has 12 amide bonds. The number of hydrogen-bond donors (Lipinski definition) is 18. The molecule has 1 aromatic rings. The zero-order valence-electron chi connectivity index (χ0n) is 42.2. The van der Waals surface area contributed by atoms with Crippen molar-refractivity contribution >= 4 is 95.5 Å². The normalized spacial score (nSPS) is 14.7. The second-order valence-electron chi connectivity index (χ2n) is 17.5. The summed E-state index contributed by atoms with van der Waals surface area (Å²) in [4.78, 5) is 180. The van der Waals surface area contributed by atoms with E-state index in [1.165, 1.54) is 0 Å². The zero-order valence-corrected chi connectivity index (χ0v) is 43.1. The van der Waals surface area contributed by atoms with Gasteiger partial charge >= 0.3 is 11.9 Å². The van der Waals surface area contributed by atoms with Crippen molar-refractivity contribution in [1.82, 2.24) is 47.9 Å². The number of aliphatic carboxylic acids is 2. The van der Waals surface area contributed by atoms with Crippen LogP contribution in [0.15, 0.2) is 30.3 Å². The van der Waals surface area contributed by atoms with Crippen LogP contribution >= 0.6 is 12.6 Å². The number of nitrogens with two attached hydrogens (primary N) is 5. The van der Waals surface area contributed by atoms with Crippen LogP contribution in [0.3, 0.4) is 0 Å². The minimum atomic E-state index is -2.18. The van der Waals surface area contributed by atoms with Gasteiger partial charge in [0.1, 0.15) is 48.3 Å². The molecule has 0 bridgehead atoms. The van der Waals surface area contributed by atoms with Crippen molar-refractivity contribution in [3.05, 3.63) is 35.9 Å². The number of carboxylic acid groups (broad SMARTS) is 2. The van der Waals surface area contributed by atoms with E-state index in [0.717, 1.165) is 0 Å². The van der Waals surface area contributed by atoms with Gasteiger partial charge in [-0.2, -0.15) is 12.6 Å². The highest BCUT2D eigenvalue weighted by molar-refractivity contribution is 7.80. The number of aliphatic hydroxyl groups excluding tert-OH is 1. The number of unbranched alkanes of at least 4 members (excludes halogenated alkanes) is 1. The predicted octanol–water partition coefficient (Wildman–Crippen LogP) is -8.17. The van der Waals surface area contributed by atoms with Crippen LogP contribution in [0.4, 0.5) is 0 Å². The zero-order chi connectivity index (χ0) is 58.5. The molecule has 77 heavy (non-hydrogen) atoms. The highest BCUT2D eigenvalue weighted by Gasteiger charge is 2.37. The molecule has 0 fully saturated rings. The lowest BCUT2D eigenvalue weighted by atomic mass is 9.96. The molecule has 428 valence electrons. The molecule has 31 nitrogen and oxygen atoms in total. The van der Waals surface area contributed by atoms with Crippen LogP contribution in [0, 0.1) is 5.92 Å². The Labute approximate surface area is 446 Å². The molecular weight excluding hydrogens is 1040 g/mol. The van der Waals surface area contributed by atoms with Crippen LogP contribution in [-0.2, 0) is 73.5 Å². The third-order valence-corrected chi connectivity index (χ3v) is 11.6. The first-order chi connectivity index (χ1) is 36.2. The van der Waals surface area contributed by atoms with Gasteiger partial charge in [0.05, 0.1) is 44.9 Å². The summed E-state index contributed by atoms with van der Waals surface area (Å²) in [6, 6.07) is -7.16. The van der Waals surface area contributed by atoms with Crippen molar-refractivity contribution in [2.75, 3.05) is 25.4 Å². The van der Waals surface area contributed by atoms with Crippen molar-refractivity contribution in [2.45, 2.75) is 126 Å². The minimum absolute atomic E-state index is 0.0239. The van der Waals surface area contributed by atoms with Crippen LogP contribution in [0.1, 0.15) is 70.8 Å². The first-order valence-corrected chi connectivity index (χ1v) is 24.5. The van der Waals surface area contributed by atoms with Crippen LogP contribution in [-0.4, -0.2) is 178 Å². The SMILES string of the molecule is CC[C@H](C)[C@H](NC(=O)[C@H](CC(N)=O)NC(=O)[C@H](CO)NC(=O)[C@H](CC(=O)O)NC(=O)[C@H](CC(N)=O)NC(=O)[C@H](CC(N)=O)NC(=O)CNC(=O)[C@@H](N)CS)C(=O)N[C@@H](Cc1ccccc1)C(=O)N[C@@H](CCCCN)C(=O)O. The fraction of sp³-hybridized carbons (Fsp3) is 0.556. The monoisotopic (exact) mass is 1110 g/mol. The smallest absolute Gasteiger partial charge is 0.326 e. The lowest BCUT2D eigenvalue weighted by Crippen LogP contribution is -2.62. The minimum Gasteiger partial charge on any atom is -0.481 e. The van der Waals surface area contributed by atoms with Crippen molar-refractivity contribution in [2.24, 2.45) is 34.6 Å². The van der Waals surface area contributed by atoms with Gasteiger partial charge in [0.15, 0.2) is 0 Å². The Balaban J connectivity index is 3.40. The largest absolute Gasteiger partial charge is 0.481 e. The molecule has 0 aromatic heterocycles. The average Bonchev–Trinajstić information content (AvgIpc) is 3.36. The predicted molar refractivity (Wildman–Crippen MR) is 271 cm³/mol. The lowest BCUT2D eigenvalue weighted by molar-refractivity contribution is -0.142. The summed E-state index contributed by atoms with van der Waals surface area (Å²) in [5.41, 5.74) is 27.5. The fourth-order valence-electron chi connectivity index (χ4n) is 6.82. The molecule has 0 radical (unpaired) electrons.